The average Bonchev–Trinajstić information content (AvgIpc) is 2.51. The molecule has 116 valence electrons. The van der Waals surface area contributed by atoms with Crippen molar-refractivity contribution in [3.8, 4) is 0 Å². The van der Waals surface area contributed by atoms with Crippen molar-refractivity contribution in [2.24, 2.45) is 5.41 Å². The lowest BCUT2D eigenvalue weighted by molar-refractivity contribution is 0.0387. The van der Waals surface area contributed by atoms with Crippen LogP contribution < -0.4 is 5.32 Å². The third-order valence-corrected chi connectivity index (χ3v) is 5.17. The van der Waals surface area contributed by atoms with Crippen LogP contribution in [0.15, 0.2) is 24.3 Å². The molecule has 3 heteroatoms. The van der Waals surface area contributed by atoms with Gasteiger partial charge in [-0.15, -0.1) is 0 Å². The van der Waals surface area contributed by atoms with Crippen LogP contribution in [0.5, 0.6) is 0 Å². The Morgan fingerprint density at radius 3 is 2.86 bits per heavy atom. The number of hydrogen-bond donors (Lipinski definition) is 1. The lowest BCUT2D eigenvalue weighted by Gasteiger charge is -2.38. The highest BCUT2D eigenvalue weighted by Gasteiger charge is 2.29. The average molecular weight is 288 g/mol. The Labute approximate surface area is 128 Å². The monoisotopic (exact) mass is 288 g/mol. The van der Waals surface area contributed by atoms with Crippen LogP contribution in [-0.2, 0) is 11.2 Å². The fraction of sp³-hybridized carbons (Fsp3) is 0.667. The molecule has 2 aliphatic heterocycles. The first-order valence-electron chi connectivity index (χ1n) is 8.25. The van der Waals surface area contributed by atoms with E-state index in [-0.39, 0.29) is 6.10 Å². The number of nitrogens with one attached hydrogen (secondary N) is 1. The highest BCUT2D eigenvalue weighted by Crippen LogP contribution is 2.30. The number of likely N-dealkylation sites (tertiary alicyclic amines) is 1. The molecule has 2 aliphatic rings. The van der Waals surface area contributed by atoms with Crippen LogP contribution in [0.3, 0.4) is 0 Å². The fourth-order valence-electron chi connectivity index (χ4n) is 3.49. The van der Waals surface area contributed by atoms with Gasteiger partial charge in [0.15, 0.2) is 0 Å². The van der Waals surface area contributed by atoms with E-state index in [9.17, 15) is 0 Å². The van der Waals surface area contributed by atoms with Crippen molar-refractivity contribution >= 4 is 0 Å². The van der Waals surface area contributed by atoms with Gasteiger partial charge in [0.25, 0.3) is 0 Å². The smallest absolute Gasteiger partial charge is 0.0952 e. The van der Waals surface area contributed by atoms with Gasteiger partial charge in [0.1, 0.15) is 0 Å². The quantitative estimate of drug-likeness (QED) is 0.922. The molecule has 3 rings (SSSR count). The number of rotatable bonds is 4. The van der Waals surface area contributed by atoms with Gasteiger partial charge in [0.2, 0.25) is 0 Å². The zero-order chi connectivity index (χ0) is 14.7. The Bertz CT molecular complexity index is 466. The van der Waals surface area contributed by atoms with Crippen molar-refractivity contribution in [3.63, 3.8) is 0 Å². The van der Waals surface area contributed by atoms with Gasteiger partial charge in [-0.2, -0.15) is 0 Å². The molecule has 3 nitrogen and oxygen atoms in total. The maximum Gasteiger partial charge on any atom is 0.0952 e. The SMILES string of the molecule is CN1CCC(C)(CNCC2OCCc3ccccc32)CC1. The van der Waals surface area contributed by atoms with Crippen LogP contribution in [0.25, 0.3) is 0 Å². The summed E-state index contributed by atoms with van der Waals surface area (Å²) in [6.45, 7) is 7.75. The van der Waals surface area contributed by atoms with Crippen LogP contribution in [0, 0.1) is 5.41 Å². The van der Waals surface area contributed by atoms with E-state index in [1.54, 1.807) is 0 Å². The van der Waals surface area contributed by atoms with Crippen molar-refractivity contribution in [2.75, 3.05) is 39.8 Å². The molecule has 0 aromatic heterocycles. The summed E-state index contributed by atoms with van der Waals surface area (Å²) in [6, 6.07) is 8.72. The molecular weight excluding hydrogens is 260 g/mol. The van der Waals surface area contributed by atoms with Crippen molar-refractivity contribution in [3.05, 3.63) is 35.4 Å². The lowest BCUT2D eigenvalue weighted by Crippen LogP contribution is -2.43. The number of hydrogen-bond acceptors (Lipinski definition) is 3. The summed E-state index contributed by atoms with van der Waals surface area (Å²) in [5.74, 6) is 0. The predicted molar refractivity (Wildman–Crippen MR) is 86.5 cm³/mol. The zero-order valence-electron chi connectivity index (χ0n) is 13.4. The molecule has 1 unspecified atom stereocenters. The molecule has 0 saturated carbocycles. The van der Waals surface area contributed by atoms with Gasteiger partial charge in [-0.25, -0.2) is 0 Å². The first kappa shape index (κ1) is 15.0. The maximum atomic E-state index is 5.97. The topological polar surface area (TPSA) is 24.5 Å². The molecule has 1 fully saturated rings. The van der Waals surface area contributed by atoms with Gasteiger partial charge in [0, 0.05) is 13.1 Å². The van der Waals surface area contributed by atoms with E-state index in [1.165, 1.54) is 37.1 Å². The molecule has 0 spiro atoms. The summed E-state index contributed by atoms with van der Waals surface area (Å²) < 4.78 is 5.97. The largest absolute Gasteiger partial charge is 0.372 e. The first-order chi connectivity index (χ1) is 10.2. The standard InChI is InChI=1S/C18H28N2O/c1-18(8-10-20(2)11-9-18)14-19-13-17-16-6-4-3-5-15(16)7-12-21-17/h3-6,17,19H,7-14H2,1-2H3. The van der Waals surface area contributed by atoms with Crippen molar-refractivity contribution in [2.45, 2.75) is 32.3 Å². The predicted octanol–water partition coefficient (Wildman–Crippen LogP) is 2.62. The third kappa shape index (κ3) is 3.65. The zero-order valence-corrected chi connectivity index (χ0v) is 13.4. The molecule has 0 amide bonds. The summed E-state index contributed by atoms with van der Waals surface area (Å²) >= 11 is 0. The molecule has 0 aliphatic carbocycles. The van der Waals surface area contributed by atoms with Crippen LogP contribution >= 0.6 is 0 Å². The first-order valence-corrected chi connectivity index (χ1v) is 8.25. The Balaban J connectivity index is 1.52. The van der Waals surface area contributed by atoms with Crippen molar-refractivity contribution in [1.29, 1.82) is 0 Å². The molecule has 1 aromatic rings. The summed E-state index contributed by atoms with van der Waals surface area (Å²) in [6.07, 6.45) is 3.86. The van der Waals surface area contributed by atoms with Crippen molar-refractivity contribution in [1.82, 2.24) is 10.2 Å². The molecule has 1 N–H and O–H groups in total. The number of piperidine rings is 1. The molecule has 21 heavy (non-hydrogen) atoms. The van der Waals surface area contributed by atoms with Gasteiger partial charge in [-0.05, 0) is 55.9 Å². The van der Waals surface area contributed by atoms with Crippen LogP contribution in [0.4, 0.5) is 0 Å². The number of ether oxygens (including phenoxy) is 1. The number of nitrogens with zero attached hydrogens (tertiary/aromatic N) is 1. The minimum atomic E-state index is 0.227. The minimum absolute atomic E-state index is 0.227. The second-order valence-corrected chi connectivity index (χ2v) is 7.05. The molecule has 1 saturated heterocycles. The maximum absolute atomic E-state index is 5.97. The van der Waals surface area contributed by atoms with Crippen molar-refractivity contribution < 1.29 is 4.74 Å². The second kappa shape index (κ2) is 6.47. The summed E-state index contributed by atoms with van der Waals surface area (Å²) in [5.41, 5.74) is 3.28. The van der Waals surface area contributed by atoms with Gasteiger partial charge in [0.05, 0.1) is 12.7 Å². The van der Waals surface area contributed by atoms with Crippen LogP contribution in [-0.4, -0.2) is 44.7 Å². The summed E-state index contributed by atoms with van der Waals surface area (Å²) in [5, 5.41) is 3.68. The van der Waals surface area contributed by atoms with E-state index in [0.717, 1.165) is 26.1 Å². The van der Waals surface area contributed by atoms with Crippen LogP contribution in [0.1, 0.15) is 37.0 Å². The van der Waals surface area contributed by atoms with Gasteiger partial charge in [-0.1, -0.05) is 31.2 Å². The Hall–Kier alpha value is -0.900. The Kier molecular flexibility index (Phi) is 4.63. The van der Waals surface area contributed by atoms with E-state index in [1.807, 2.05) is 0 Å². The summed E-state index contributed by atoms with van der Waals surface area (Å²) in [7, 11) is 2.22. The molecule has 0 radical (unpaired) electrons. The normalized spacial score (nSPS) is 25.5. The van der Waals surface area contributed by atoms with Gasteiger partial charge < -0.3 is 15.0 Å². The second-order valence-electron chi connectivity index (χ2n) is 7.05. The van der Waals surface area contributed by atoms with E-state index < -0.39 is 0 Å². The van der Waals surface area contributed by atoms with E-state index >= 15 is 0 Å². The highest BCUT2D eigenvalue weighted by atomic mass is 16.5. The van der Waals surface area contributed by atoms with Gasteiger partial charge in [-0.3, -0.25) is 0 Å². The van der Waals surface area contributed by atoms with Gasteiger partial charge >= 0.3 is 0 Å². The number of fused-ring (bicyclic) bond motifs is 1. The molecule has 2 heterocycles. The molecule has 1 atom stereocenters. The lowest BCUT2D eigenvalue weighted by atomic mass is 9.80. The summed E-state index contributed by atoms with van der Waals surface area (Å²) in [4.78, 5) is 2.43. The minimum Gasteiger partial charge on any atom is -0.372 e. The fourth-order valence-corrected chi connectivity index (χ4v) is 3.49. The molecular formula is C18H28N2O. The van der Waals surface area contributed by atoms with E-state index in [4.69, 9.17) is 4.74 Å². The highest BCUT2D eigenvalue weighted by molar-refractivity contribution is 5.31. The molecule has 1 aromatic carbocycles. The number of benzene rings is 1. The Morgan fingerprint density at radius 2 is 2.05 bits per heavy atom. The Morgan fingerprint density at radius 1 is 1.29 bits per heavy atom. The third-order valence-electron chi connectivity index (χ3n) is 5.17. The molecule has 0 bridgehead atoms. The van der Waals surface area contributed by atoms with E-state index in [2.05, 4.69) is 48.5 Å². The van der Waals surface area contributed by atoms with E-state index in [0.29, 0.717) is 5.41 Å². The van der Waals surface area contributed by atoms with Crippen LogP contribution in [0.2, 0.25) is 0 Å².